The van der Waals surface area contributed by atoms with Crippen molar-refractivity contribution in [2.45, 2.75) is 58.8 Å². The van der Waals surface area contributed by atoms with E-state index >= 15 is 0 Å². The molecule has 2 unspecified atom stereocenters. The van der Waals surface area contributed by atoms with Gasteiger partial charge in [-0.05, 0) is 62.9 Å². The van der Waals surface area contributed by atoms with E-state index in [1.54, 1.807) is 6.08 Å². The molecule has 0 aromatic carbocycles. The lowest BCUT2D eigenvalue weighted by Gasteiger charge is -2.14. The molecule has 2 saturated carbocycles. The van der Waals surface area contributed by atoms with Gasteiger partial charge >= 0.3 is 5.97 Å². The number of methoxy groups -OCH3 is 1. The number of ether oxygens (including phenoxy) is 1. The van der Waals surface area contributed by atoms with Crippen molar-refractivity contribution in [2.24, 2.45) is 23.7 Å². The first-order valence-electron chi connectivity index (χ1n) is 9.41. The van der Waals surface area contributed by atoms with E-state index in [0.717, 1.165) is 25.2 Å². The highest BCUT2D eigenvalue weighted by Crippen LogP contribution is 2.50. The summed E-state index contributed by atoms with van der Waals surface area (Å²) < 4.78 is 4.69. The molecule has 2 aliphatic carbocycles. The van der Waals surface area contributed by atoms with E-state index in [1.807, 2.05) is 13.8 Å². The van der Waals surface area contributed by atoms with Crippen molar-refractivity contribution in [3.8, 4) is 11.8 Å². The molecule has 0 bridgehead atoms. The number of hydrogen-bond donors (Lipinski definition) is 0. The van der Waals surface area contributed by atoms with Crippen molar-refractivity contribution in [1.82, 2.24) is 0 Å². The van der Waals surface area contributed by atoms with Crippen LogP contribution in [0.5, 0.6) is 0 Å². The average Bonchev–Trinajstić information content (AvgIpc) is 3.17. The summed E-state index contributed by atoms with van der Waals surface area (Å²) in [5.41, 5.74) is 1.48. The number of carbonyl (C=O) groups excluding carboxylic acids is 2. The monoisotopic (exact) mass is 342 g/mol. The van der Waals surface area contributed by atoms with Crippen molar-refractivity contribution in [2.75, 3.05) is 7.11 Å². The maximum absolute atomic E-state index is 12.2. The fourth-order valence-electron chi connectivity index (χ4n) is 4.12. The largest absolute Gasteiger partial charge is 0.469 e. The minimum Gasteiger partial charge on any atom is -0.469 e. The van der Waals surface area contributed by atoms with Gasteiger partial charge in [-0.2, -0.15) is 0 Å². The molecule has 3 heteroatoms. The van der Waals surface area contributed by atoms with Crippen LogP contribution in [0.1, 0.15) is 58.8 Å². The summed E-state index contributed by atoms with van der Waals surface area (Å²) in [4.78, 5) is 23.4. The van der Waals surface area contributed by atoms with Crippen LogP contribution in [0, 0.1) is 35.5 Å². The number of fused-ring (bicyclic) bond motifs is 1. The van der Waals surface area contributed by atoms with E-state index in [-0.39, 0.29) is 17.7 Å². The van der Waals surface area contributed by atoms with E-state index in [4.69, 9.17) is 0 Å². The Bertz CT molecular complexity index is 602. The second-order valence-corrected chi connectivity index (χ2v) is 7.34. The highest BCUT2D eigenvalue weighted by molar-refractivity contribution is 5.91. The predicted molar refractivity (Wildman–Crippen MR) is 99.6 cm³/mol. The third-order valence-corrected chi connectivity index (χ3v) is 5.64. The molecule has 2 fully saturated rings. The highest BCUT2D eigenvalue weighted by atomic mass is 16.5. The van der Waals surface area contributed by atoms with E-state index in [0.29, 0.717) is 24.7 Å². The standard InChI is InChI=1S/C22H30O3/c1-4-5-7-16(2)21(23)13-12-18-10-11-19-14-17(15-20(18)19)8-6-9-22(24)25-3/h8,12-13,16,18-20H,6-7,9-11,14-15H2,1-3H3/b13-12+,17-8-/t16?,18-,19?,20-/m1/s1. The Hall–Kier alpha value is -1.82. The number of allylic oxidation sites excluding steroid dienone is 4. The Morgan fingerprint density at radius 3 is 2.84 bits per heavy atom. The van der Waals surface area contributed by atoms with Crippen molar-refractivity contribution < 1.29 is 14.3 Å². The Morgan fingerprint density at radius 2 is 2.12 bits per heavy atom. The van der Waals surface area contributed by atoms with Crippen LogP contribution in [0.3, 0.4) is 0 Å². The zero-order chi connectivity index (χ0) is 18.2. The van der Waals surface area contributed by atoms with E-state index in [9.17, 15) is 9.59 Å². The zero-order valence-corrected chi connectivity index (χ0v) is 15.7. The third kappa shape index (κ3) is 5.59. The van der Waals surface area contributed by atoms with Crippen LogP contribution in [0.2, 0.25) is 0 Å². The van der Waals surface area contributed by atoms with E-state index < -0.39 is 0 Å². The normalized spacial score (nSPS) is 27.8. The summed E-state index contributed by atoms with van der Waals surface area (Å²) in [6.07, 6.45) is 12.8. The second-order valence-electron chi connectivity index (χ2n) is 7.34. The van der Waals surface area contributed by atoms with Gasteiger partial charge in [-0.3, -0.25) is 9.59 Å². The van der Waals surface area contributed by atoms with Gasteiger partial charge in [0.25, 0.3) is 0 Å². The van der Waals surface area contributed by atoms with Gasteiger partial charge in [-0.15, -0.1) is 11.8 Å². The maximum atomic E-state index is 12.2. The van der Waals surface area contributed by atoms with Gasteiger partial charge in [0.15, 0.2) is 5.78 Å². The third-order valence-electron chi connectivity index (χ3n) is 5.64. The van der Waals surface area contributed by atoms with E-state index in [1.165, 1.54) is 25.5 Å². The van der Waals surface area contributed by atoms with Crippen molar-refractivity contribution in [3.63, 3.8) is 0 Å². The summed E-state index contributed by atoms with van der Waals surface area (Å²) in [6.45, 7) is 3.76. The second kappa shape index (κ2) is 9.61. The Labute approximate surface area is 151 Å². The predicted octanol–water partition coefficient (Wildman–Crippen LogP) is 4.48. The molecule has 0 amide bonds. The fraction of sp³-hybridized carbons (Fsp3) is 0.636. The molecule has 0 saturated heterocycles. The molecule has 136 valence electrons. The first-order chi connectivity index (χ1) is 12.0. The van der Waals surface area contributed by atoms with Gasteiger partial charge in [0.1, 0.15) is 0 Å². The molecule has 2 aliphatic rings. The molecule has 25 heavy (non-hydrogen) atoms. The first kappa shape index (κ1) is 19.5. The number of carbonyl (C=O) groups is 2. The van der Waals surface area contributed by atoms with Crippen LogP contribution in [-0.4, -0.2) is 18.9 Å². The van der Waals surface area contributed by atoms with Gasteiger partial charge in [-0.25, -0.2) is 0 Å². The smallest absolute Gasteiger partial charge is 0.305 e. The lowest BCUT2D eigenvalue weighted by molar-refractivity contribution is -0.140. The Morgan fingerprint density at radius 1 is 1.32 bits per heavy atom. The molecule has 0 N–H and O–H groups in total. The van der Waals surface area contributed by atoms with Crippen LogP contribution in [-0.2, 0) is 14.3 Å². The maximum Gasteiger partial charge on any atom is 0.305 e. The summed E-state index contributed by atoms with van der Waals surface area (Å²) in [5.74, 6) is 7.80. The molecule has 0 radical (unpaired) electrons. The van der Waals surface area contributed by atoms with Crippen LogP contribution in [0.4, 0.5) is 0 Å². The molecular weight excluding hydrogens is 312 g/mol. The van der Waals surface area contributed by atoms with Crippen LogP contribution < -0.4 is 0 Å². The number of esters is 1. The summed E-state index contributed by atoms with van der Waals surface area (Å²) >= 11 is 0. The Balaban J connectivity index is 1.85. The molecule has 0 spiro atoms. The van der Waals surface area contributed by atoms with Gasteiger partial charge in [0.05, 0.1) is 7.11 Å². The van der Waals surface area contributed by atoms with Crippen molar-refractivity contribution in [3.05, 3.63) is 23.8 Å². The Kier molecular flexibility index (Phi) is 7.50. The average molecular weight is 342 g/mol. The highest BCUT2D eigenvalue weighted by Gasteiger charge is 2.39. The lowest BCUT2D eigenvalue weighted by Crippen LogP contribution is -2.10. The summed E-state index contributed by atoms with van der Waals surface area (Å²) in [5, 5.41) is 0. The minimum absolute atomic E-state index is 0.0155. The first-order valence-corrected chi connectivity index (χ1v) is 9.41. The van der Waals surface area contributed by atoms with Crippen LogP contribution >= 0.6 is 0 Å². The van der Waals surface area contributed by atoms with E-state index in [2.05, 4.69) is 28.7 Å². The molecule has 2 rings (SSSR count). The SMILES string of the molecule is CC#CCC(C)C(=O)/C=C/[C@H]1CCC2C/C(=C/CCC(=O)OC)C[C@@H]21. The lowest BCUT2D eigenvalue weighted by atomic mass is 9.90. The minimum atomic E-state index is -0.142. The van der Waals surface area contributed by atoms with Crippen molar-refractivity contribution in [1.29, 1.82) is 0 Å². The molecule has 0 aromatic heterocycles. The molecule has 0 aliphatic heterocycles. The number of rotatable bonds is 7. The molecule has 0 heterocycles. The van der Waals surface area contributed by atoms with Gasteiger partial charge < -0.3 is 4.74 Å². The van der Waals surface area contributed by atoms with Crippen LogP contribution in [0.25, 0.3) is 0 Å². The molecule has 3 nitrogen and oxygen atoms in total. The molecule has 4 atom stereocenters. The number of ketones is 1. The van der Waals surface area contributed by atoms with Gasteiger partial charge in [-0.1, -0.05) is 24.6 Å². The fourth-order valence-corrected chi connectivity index (χ4v) is 4.12. The quantitative estimate of drug-likeness (QED) is 0.297. The van der Waals surface area contributed by atoms with Gasteiger partial charge in [0.2, 0.25) is 0 Å². The molecular formula is C22H30O3. The molecule has 0 aromatic rings. The summed E-state index contributed by atoms with van der Waals surface area (Å²) in [6, 6.07) is 0. The van der Waals surface area contributed by atoms with Gasteiger partial charge in [0, 0.05) is 18.8 Å². The van der Waals surface area contributed by atoms with Crippen molar-refractivity contribution >= 4 is 11.8 Å². The topological polar surface area (TPSA) is 43.4 Å². The summed E-state index contributed by atoms with van der Waals surface area (Å²) in [7, 11) is 1.43. The zero-order valence-electron chi connectivity index (χ0n) is 15.7. The van der Waals surface area contributed by atoms with Crippen LogP contribution in [0.15, 0.2) is 23.8 Å². The number of hydrogen-bond acceptors (Lipinski definition) is 3.